The SMILES string of the molecule is Cc1cc(C)nc(Cn2cnc3cnccc3c2=O)n1. The highest BCUT2D eigenvalue weighted by molar-refractivity contribution is 5.75. The molecule has 6 heteroatoms. The number of pyridine rings is 1. The normalized spacial score (nSPS) is 10.9. The van der Waals surface area contributed by atoms with Crippen molar-refractivity contribution in [3.05, 3.63) is 58.4 Å². The summed E-state index contributed by atoms with van der Waals surface area (Å²) in [6.07, 6.45) is 4.67. The summed E-state index contributed by atoms with van der Waals surface area (Å²) in [5.74, 6) is 0.611. The van der Waals surface area contributed by atoms with Gasteiger partial charge in [-0.25, -0.2) is 15.0 Å². The standard InChI is InChI=1S/C14H13N5O/c1-9-5-10(2)18-13(17-9)7-19-8-16-12-6-15-4-3-11(12)14(19)20/h3-6,8H,7H2,1-2H3. The number of fused-ring (bicyclic) bond motifs is 1. The lowest BCUT2D eigenvalue weighted by molar-refractivity contribution is 0.699. The first-order valence-corrected chi connectivity index (χ1v) is 6.24. The third-order valence-electron chi connectivity index (χ3n) is 2.97. The van der Waals surface area contributed by atoms with E-state index in [9.17, 15) is 4.79 Å². The predicted octanol–water partition coefficient (Wildman–Crippen LogP) is 1.25. The monoisotopic (exact) mass is 267 g/mol. The fourth-order valence-electron chi connectivity index (χ4n) is 2.14. The van der Waals surface area contributed by atoms with Gasteiger partial charge in [-0.15, -0.1) is 0 Å². The van der Waals surface area contributed by atoms with Gasteiger partial charge in [0.25, 0.3) is 5.56 Å². The maximum atomic E-state index is 12.3. The van der Waals surface area contributed by atoms with Crippen LogP contribution in [0.4, 0.5) is 0 Å². The highest BCUT2D eigenvalue weighted by atomic mass is 16.1. The molecule has 100 valence electrons. The number of aromatic nitrogens is 5. The molecule has 0 N–H and O–H groups in total. The van der Waals surface area contributed by atoms with Crippen LogP contribution in [0.1, 0.15) is 17.2 Å². The van der Waals surface area contributed by atoms with Crippen molar-refractivity contribution in [2.75, 3.05) is 0 Å². The van der Waals surface area contributed by atoms with E-state index < -0.39 is 0 Å². The van der Waals surface area contributed by atoms with Gasteiger partial charge in [-0.3, -0.25) is 14.3 Å². The molecule has 0 aliphatic rings. The molecular weight excluding hydrogens is 254 g/mol. The Kier molecular flexibility index (Phi) is 2.98. The minimum Gasteiger partial charge on any atom is -0.291 e. The van der Waals surface area contributed by atoms with Gasteiger partial charge in [-0.2, -0.15) is 0 Å². The van der Waals surface area contributed by atoms with Gasteiger partial charge in [-0.05, 0) is 26.0 Å². The summed E-state index contributed by atoms with van der Waals surface area (Å²) in [5, 5.41) is 0.548. The van der Waals surface area contributed by atoms with Crippen molar-refractivity contribution >= 4 is 10.9 Å². The Bertz CT molecular complexity index is 820. The molecule has 20 heavy (non-hydrogen) atoms. The maximum Gasteiger partial charge on any atom is 0.261 e. The predicted molar refractivity (Wildman–Crippen MR) is 74.4 cm³/mol. The molecule has 0 atom stereocenters. The molecule has 3 heterocycles. The molecule has 0 aromatic carbocycles. The number of hydrogen-bond donors (Lipinski definition) is 0. The van der Waals surface area contributed by atoms with E-state index in [1.165, 1.54) is 10.9 Å². The van der Waals surface area contributed by atoms with Crippen molar-refractivity contribution in [1.29, 1.82) is 0 Å². The minimum absolute atomic E-state index is 0.111. The molecule has 3 aromatic heterocycles. The van der Waals surface area contributed by atoms with Crippen molar-refractivity contribution in [2.24, 2.45) is 0 Å². The average Bonchev–Trinajstić information content (AvgIpc) is 2.41. The zero-order chi connectivity index (χ0) is 14.1. The van der Waals surface area contributed by atoms with Crippen molar-refractivity contribution in [1.82, 2.24) is 24.5 Å². The first-order chi connectivity index (χ1) is 9.63. The van der Waals surface area contributed by atoms with Crippen LogP contribution in [-0.2, 0) is 6.54 Å². The molecule has 6 nitrogen and oxygen atoms in total. The highest BCUT2D eigenvalue weighted by Gasteiger charge is 2.06. The van der Waals surface area contributed by atoms with E-state index in [0.29, 0.717) is 23.3 Å². The Hall–Kier alpha value is -2.63. The van der Waals surface area contributed by atoms with Crippen LogP contribution >= 0.6 is 0 Å². The Morgan fingerprint density at radius 1 is 1.20 bits per heavy atom. The molecule has 0 amide bonds. The van der Waals surface area contributed by atoms with Gasteiger partial charge in [0.05, 0.1) is 30.0 Å². The molecule has 0 aliphatic carbocycles. The molecular formula is C14H13N5O. The van der Waals surface area contributed by atoms with Crippen molar-refractivity contribution in [3.8, 4) is 0 Å². The summed E-state index contributed by atoms with van der Waals surface area (Å²) < 4.78 is 1.51. The first kappa shape index (κ1) is 12.4. The summed E-state index contributed by atoms with van der Waals surface area (Å²) in [5.41, 5.74) is 2.26. The lowest BCUT2D eigenvalue weighted by Crippen LogP contribution is -2.22. The zero-order valence-corrected chi connectivity index (χ0v) is 11.2. The zero-order valence-electron chi connectivity index (χ0n) is 11.2. The maximum absolute atomic E-state index is 12.3. The Morgan fingerprint density at radius 3 is 2.70 bits per heavy atom. The van der Waals surface area contributed by atoms with E-state index in [2.05, 4.69) is 19.9 Å². The Labute approximate surface area is 115 Å². The highest BCUT2D eigenvalue weighted by Crippen LogP contribution is 2.04. The topological polar surface area (TPSA) is 73.6 Å². The summed E-state index contributed by atoms with van der Waals surface area (Å²) in [6, 6.07) is 3.57. The van der Waals surface area contributed by atoms with Gasteiger partial charge >= 0.3 is 0 Å². The summed E-state index contributed by atoms with van der Waals surface area (Å²) >= 11 is 0. The number of hydrogen-bond acceptors (Lipinski definition) is 5. The van der Waals surface area contributed by atoms with E-state index in [1.807, 2.05) is 19.9 Å². The van der Waals surface area contributed by atoms with Crippen LogP contribution in [0.25, 0.3) is 10.9 Å². The molecule has 0 saturated carbocycles. The average molecular weight is 267 g/mol. The van der Waals surface area contributed by atoms with Gasteiger partial charge in [0.15, 0.2) is 0 Å². The second-order valence-corrected chi connectivity index (χ2v) is 4.64. The molecule has 0 saturated heterocycles. The van der Waals surface area contributed by atoms with Crippen molar-refractivity contribution < 1.29 is 0 Å². The molecule has 3 aromatic rings. The smallest absolute Gasteiger partial charge is 0.261 e. The molecule has 0 bridgehead atoms. The van der Waals surface area contributed by atoms with Crippen LogP contribution in [0.15, 0.2) is 35.6 Å². The van der Waals surface area contributed by atoms with E-state index >= 15 is 0 Å². The van der Waals surface area contributed by atoms with E-state index in [1.54, 1.807) is 18.5 Å². The number of rotatable bonds is 2. The number of nitrogens with zero attached hydrogens (tertiary/aromatic N) is 5. The number of aryl methyl sites for hydroxylation is 2. The molecule has 0 fully saturated rings. The third kappa shape index (κ3) is 2.27. The summed E-state index contributed by atoms with van der Waals surface area (Å²) in [7, 11) is 0. The van der Waals surface area contributed by atoms with Gasteiger partial charge < -0.3 is 0 Å². The fraction of sp³-hybridized carbons (Fsp3) is 0.214. The molecule has 0 aliphatic heterocycles. The fourth-order valence-corrected chi connectivity index (χ4v) is 2.14. The Balaban J connectivity index is 2.07. The summed E-state index contributed by atoms with van der Waals surface area (Å²) in [6.45, 7) is 4.13. The van der Waals surface area contributed by atoms with E-state index in [4.69, 9.17) is 0 Å². The van der Waals surface area contributed by atoms with Gasteiger partial charge in [0.1, 0.15) is 5.82 Å². The third-order valence-corrected chi connectivity index (χ3v) is 2.97. The second-order valence-electron chi connectivity index (χ2n) is 4.64. The lowest BCUT2D eigenvalue weighted by atomic mass is 10.3. The molecule has 3 rings (SSSR count). The van der Waals surface area contributed by atoms with Crippen LogP contribution in [0, 0.1) is 13.8 Å². The Morgan fingerprint density at radius 2 is 1.95 bits per heavy atom. The van der Waals surface area contributed by atoms with Crippen molar-refractivity contribution in [3.63, 3.8) is 0 Å². The molecule has 0 spiro atoms. The molecule has 0 unspecified atom stereocenters. The summed E-state index contributed by atoms with van der Waals surface area (Å²) in [4.78, 5) is 29.2. The van der Waals surface area contributed by atoms with E-state index in [0.717, 1.165) is 11.4 Å². The van der Waals surface area contributed by atoms with Gasteiger partial charge in [0, 0.05) is 17.6 Å². The van der Waals surface area contributed by atoms with Crippen LogP contribution in [0.2, 0.25) is 0 Å². The van der Waals surface area contributed by atoms with Crippen LogP contribution < -0.4 is 5.56 Å². The van der Waals surface area contributed by atoms with Crippen molar-refractivity contribution in [2.45, 2.75) is 20.4 Å². The van der Waals surface area contributed by atoms with Crippen LogP contribution in [0.3, 0.4) is 0 Å². The lowest BCUT2D eigenvalue weighted by Gasteiger charge is -2.06. The van der Waals surface area contributed by atoms with E-state index in [-0.39, 0.29) is 5.56 Å². The quantitative estimate of drug-likeness (QED) is 0.698. The largest absolute Gasteiger partial charge is 0.291 e. The van der Waals surface area contributed by atoms with Gasteiger partial charge in [0.2, 0.25) is 0 Å². The van der Waals surface area contributed by atoms with Crippen LogP contribution in [0.5, 0.6) is 0 Å². The van der Waals surface area contributed by atoms with Gasteiger partial charge in [-0.1, -0.05) is 0 Å². The minimum atomic E-state index is -0.111. The first-order valence-electron chi connectivity index (χ1n) is 6.24. The van der Waals surface area contributed by atoms with Crippen LogP contribution in [-0.4, -0.2) is 24.5 Å². The second kappa shape index (κ2) is 4.80. The molecule has 0 radical (unpaired) electrons.